The smallest absolute Gasteiger partial charge is 0.118 e. The molecule has 0 amide bonds. The molecular formula is C22H29N3O2. The van der Waals surface area contributed by atoms with Crippen LogP contribution >= 0.6 is 0 Å². The number of nitrogens with zero attached hydrogens (tertiary/aromatic N) is 2. The minimum atomic E-state index is -0.546. The summed E-state index contributed by atoms with van der Waals surface area (Å²) < 4.78 is 7.37. The van der Waals surface area contributed by atoms with E-state index in [-0.39, 0.29) is 6.04 Å². The first-order valence-corrected chi connectivity index (χ1v) is 9.47. The summed E-state index contributed by atoms with van der Waals surface area (Å²) in [6.07, 6.45) is 2.34. The molecule has 2 unspecified atom stereocenters. The lowest BCUT2D eigenvalue weighted by molar-refractivity contribution is 0.136. The number of aliphatic hydroxyl groups excluding tert-OH is 1. The lowest BCUT2D eigenvalue weighted by Crippen LogP contribution is -2.33. The van der Waals surface area contributed by atoms with E-state index < -0.39 is 6.10 Å². The van der Waals surface area contributed by atoms with Gasteiger partial charge in [-0.1, -0.05) is 12.1 Å². The molecule has 1 heterocycles. The average molecular weight is 367 g/mol. The summed E-state index contributed by atoms with van der Waals surface area (Å²) >= 11 is 0. The number of nitrogens with one attached hydrogen (secondary N) is 1. The second-order valence-corrected chi connectivity index (χ2v) is 7.18. The largest absolute Gasteiger partial charge is 0.497 e. The highest BCUT2D eigenvalue weighted by Crippen LogP contribution is 2.21. The van der Waals surface area contributed by atoms with Crippen LogP contribution in [0.1, 0.15) is 36.1 Å². The Morgan fingerprint density at radius 2 is 1.85 bits per heavy atom. The Balaban J connectivity index is 1.51. The number of rotatable bonds is 8. The molecule has 0 saturated carbocycles. The standard InChI is InChI=1S/C22H29N3O2/c1-15-12-20-21(13-16(15)2)25(14-24-20)11-5-10-23-17(3)22(26)18-6-8-19(27-4)9-7-18/h6-9,12-14,17,22-23,26H,5,10-11H2,1-4H3. The monoisotopic (exact) mass is 367 g/mol. The summed E-state index contributed by atoms with van der Waals surface area (Å²) in [7, 11) is 1.64. The highest BCUT2D eigenvalue weighted by Gasteiger charge is 2.15. The summed E-state index contributed by atoms with van der Waals surface area (Å²) in [6.45, 7) is 7.99. The summed E-state index contributed by atoms with van der Waals surface area (Å²) in [5.74, 6) is 0.796. The van der Waals surface area contributed by atoms with Crippen LogP contribution in [0.15, 0.2) is 42.7 Å². The van der Waals surface area contributed by atoms with E-state index >= 15 is 0 Å². The van der Waals surface area contributed by atoms with Crippen molar-refractivity contribution < 1.29 is 9.84 Å². The summed E-state index contributed by atoms with van der Waals surface area (Å²) in [4.78, 5) is 4.51. The summed E-state index contributed by atoms with van der Waals surface area (Å²) in [5.41, 5.74) is 5.69. The number of aliphatic hydroxyl groups is 1. The maximum Gasteiger partial charge on any atom is 0.118 e. The number of hydrogen-bond donors (Lipinski definition) is 2. The van der Waals surface area contributed by atoms with E-state index in [4.69, 9.17) is 4.74 Å². The van der Waals surface area contributed by atoms with Gasteiger partial charge in [0.15, 0.2) is 0 Å². The summed E-state index contributed by atoms with van der Waals surface area (Å²) in [5, 5.41) is 13.9. The Bertz CT molecular complexity index is 886. The van der Waals surface area contributed by atoms with E-state index in [0.717, 1.165) is 36.3 Å². The van der Waals surface area contributed by atoms with E-state index in [1.165, 1.54) is 16.6 Å². The van der Waals surface area contributed by atoms with Crippen molar-refractivity contribution >= 4 is 11.0 Å². The quantitative estimate of drug-likeness (QED) is 0.595. The second-order valence-electron chi connectivity index (χ2n) is 7.18. The van der Waals surface area contributed by atoms with E-state index in [0.29, 0.717) is 0 Å². The fourth-order valence-corrected chi connectivity index (χ4v) is 3.27. The summed E-state index contributed by atoms with van der Waals surface area (Å²) in [6, 6.07) is 11.9. The number of ether oxygens (including phenoxy) is 1. The van der Waals surface area contributed by atoms with Gasteiger partial charge in [0.25, 0.3) is 0 Å². The highest BCUT2D eigenvalue weighted by atomic mass is 16.5. The lowest BCUT2D eigenvalue weighted by Gasteiger charge is -2.21. The SMILES string of the molecule is COc1ccc(C(O)C(C)NCCCn2cnc3cc(C)c(C)cc32)cc1. The van der Waals surface area contributed by atoms with Crippen LogP contribution in [0.4, 0.5) is 0 Å². The Morgan fingerprint density at radius 3 is 2.56 bits per heavy atom. The molecule has 27 heavy (non-hydrogen) atoms. The van der Waals surface area contributed by atoms with E-state index in [1.54, 1.807) is 7.11 Å². The van der Waals surface area contributed by atoms with Gasteiger partial charge in [-0.25, -0.2) is 4.98 Å². The van der Waals surface area contributed by atoms with Crippen molar-refractivity contribution in [3.05, 3.63) is 59.4 Å². The third-order valence-electron chi connectivity index (χ3n) is 5.21. The van der Waals surface area contributed by atoms with Crippen molar-refractivity contribution in [2.24, 2.45) is 0 Å². The van der Waals surface area contributed by atoms with Crippen molar-refractivity contribution in [3.63, 3.8) is 0 Å². The molecule has 0 aliphatic rings. The van der Waals surface area contributed by atoms with Gasteiger partial charge in [0.05, 0.1) is 30.6 Å². The molecule has 144 valence electrons. The number of methoxy groups -OCH3 is 1. The van der Waals surface area contributed by atoms with Crippen molar-refractivity contribution in [2.75, 3.05) is 13.7 Å². The first-order valence-electron chi connectivity index (χ1n) is 9.47. The number of hydrogen-bond acceptors (Lipinski definition) is 4. The van der Waals surface area contributed by atoms with Crippen molar-refractivity contribution in [2.45, 2.75) is 45.9 Å². The van der Waals surface area contributed by atoms with Crippen LogP contribution in [0.5, 0.6) is 5.75 Å². The predicted molar refractivity (Wildman–Crippen MR) is 109 cm³/mol. The zero-order valence-electron chi connectivity index (χ0n) is 16.6. The molecule has 0 bridgehead atoms. The van der Waals surface area contributed by atoms with E-state index in [9.17, 15) is 5.11 Å². The molecule has 2 aromatic carbocycles. The molecule has 0 fully saturated rings. The Morgan fingerprint density at radius 1 is 1.15 bits per heavy atom. The molecule has 2 atom stereocenters. The maximum atomic E-state index is 10.5. The van der Waals surface area contributed by atoms with Crippen LogP contribution in [0.3, 0.4) is 0 Å². The van der Waals surface area contributed by atoms with Gasteiger partial charge in [-0.15, -0.1) is 0 Å². The third-order valence-corrected chi connectivity index (χ3v) is 5.21. The number of imidazole rings is 1. The van der Waals surface area contributed by atoms with Crippen LogP contribution in [0.2, 0.25) is 0 Å². The van der Waals surface area contributed by atoms with Crippen molar-refractivity contribution in [1.29, 1.82) is 0 Å². The molecule has 2 N–H and O–H groups in total. The van der Waals surface area contributed by atoms with Gasteiger partial charge in [0, 0.05) is 12.6 Å². The van der Waals surface area contributed by atoms with Gasteiger partial charge in [-0.05, 0) is 74.7 Å². The van der Waals surface area contributed by atoms with E-state index in [2.05, 4.69) is 40.8 Å². The number of benzene rings is 2. The van der Waals surface area contributed by atoms with Gasteiger partial charge in [0.2, 0.25) is 0 Å². The average Bonchev–Trinajstić information content (AvgIpc) is 3.06. The van der Waals surface area contributed by atoms with Gasteiger partial charge in [-0.3, -0.25) is 0 Å². The van der Waals surface area contributed by atoms with E-state index in [1.807, 2.05) is 37.5 Å². The van der Waals surface area contributed by atoms with Crippen LogP contribution in [0, 0.1) is 13.8 Å². The first kappa shape index (κ1) is 19.4. The predicted octanol–water partition coefficient (Wildman–Crippen LogP) is 3.76. The van der Waals surface area contributed by atoms with Crippen LogP contribution in [-0.2, 0) is 6.54 Å². The molecule has 0 aliphatic carbocycles. The molecule has 0 saturated heterocycles. The fraction of sp³-hybridized carbons (Fsp3) is 0.409. The maximum absolute atomic E-state index is 10.5. The van der Waals surface area contributed by atoms with Gasteiger partial charge in [0.1, 0.15) is 5.75 Å². The fourth-order valence-electron chi connectivity index (χ4n) is 3.27. The molecule has 3 rings (SSSR count). The Hall–Kier alpha value is -2.37. The number of aromatic nitrogens is 2. The zero-order valence-corrected chi connectivity index (χ0v) is 16.6. The van der Waals surface area contributed by atoms with Crippen LogP contribution in [-0.4, -0.2) is 34.4 Å². The molecular weight excluding hydrogens is 338 g/mol. The number of fused-ring (bicyclic) bond motifs is 1. The zero-order chi connectivity index (χ0) is 19.4. The lowest BCUT2D eigenvalue weighted by atomic mass is 10.0. The Kier molecular flexibility index (Phi) is 6.14. The normalized spacial score (nSPS) is 13.7. The number of aryl methyl sites for hydroxylation is 3. The molecule has 0 radical (unpaired) electrons. The molecule has 1 aromatic heterocycles. The molecule has 5 nitrogen and oxygen atoms in total. The van der Waals surface area contributed by atoms with Crippen molar-refractivity contribution in [1.82, 2.24) is 14.9 Å². The molecule has 0 spiro atoms. The highest BCUT2D eigenvalue weighted by molar-refractivity contribution is 5.77. The van der Waals surface area contributed by atoms with Gasteiger partial charge < -0.3 is 19.7 Å². The molecule has 0 aliphatic heterocycles. The third kappa shape index (κ3) is 4.49. The minimum Gasteiger partial charge on any atom is -0.497 e. The van der Waals surface area contributed by atoms with Crippen LogP contribution < -0.4 is 10.1 Å². The minimum absolute atomic E-state index is 0.0252. The Labute approximate surface area is 161 Å². The van der Waals surface area contributed by atoms with Crippen molar-refractivity contribution in [3.8, 4) is 5.75 Å². The topological polar surface area (TPSA) is 59.3 Å². The molecule has 5 heteroatoms. The second kappa shape index (κ2) is 8.55. The van der Waals surface area contributed by atoms with Crippen LogP contribution in [0.25, 0.3) is 11.0 Å². The van der Waals surface area contributed by atoms with Gasteiger partial charge in [-0.2, -0.15) is 0 Å². The molecule has 3 aromatic rings. The first-order chi connectivity index (χ1) is 13.0. The van der Waals surface area contributed by atoms with Gasteiger partial charge >= 0.3 is 0 Å².